The number of aryl methyl sites for hydroxylation is 1. The quantitative estimate of drug-likeness (QED) is 0.903. The minimum absolute atomic E-state index is 0.106. The van der Waals surface area contributed by atoms with E-state index in [1.54, 1.807) is 23.1 Å². The highest BCUT2D eigenvalue weighted by Crippen LogP contribution is 2.23. The molecule has 0 unspecified atom stereocenters. The van der Waals surface area contributed by atoms with E-state index in [0.29, 0.717) is 19.5 Å². The maximum Gasteiger partial charge on any atom is 0.224 e. The molecule has 20 heavy (non-hydrogen) atoms. The van der Waals surface area contributed by atoms with Gasteiger partial charge in [-0.15, -0.1) is 0 Å². The van der Waals surface area contributed by atoms with Gasteiger partial charge in [0.2, 0.25) is 5.91 Å². The number of phenolic OH excluding ortho intramolecular Hbond substituents is 1. The molecule has 0 bridgehead atoms. The molecule has 1 aliphatic heterocycles. The van der Waals surface area contributed by atoms with Crippen LogP contribution >= 0.6 is 0 Å². The Labute approximate surface area is 116 Å². The molecule has 1 aromatic carbocycles. The third kappa shape index (κ3) is 2.64. The predicted octanol–water partition coefficient (Wildman–Crippen LogP) is 0.959. The van der Waals surface area contributed by atoms with Crippen LogP contribution in [0.25, 0.3) is 0 Å². The van der Waals surface area contributed by atoms with Gasteiger partial charge in [0.25, 0.3) is 0 Å². The van der Waals surface area contributed by atoms with Gasteiger partial charge in [-0.1, -0.05) is 6.07 Å². The summed E-state index contributed by atoms with van der Waals surface area (Å²) in [7, 11) is 0. The highest BCUT2D eigenvalue weighted by atomic mass is 16.3. The van der Waals surface area contributed by atoms with Crippen LogP contribution in [0.15, 0.2) is 30.9 Å². The molecule has 2 heterocycles. The molecule has 6 nitrogen and oxygen atoms in total. The number of aromatic nitrogens is 3. The number of phenols is 1. The fraction of sp³-hybridized carbons (Fsp3) is 0.357. The van der Waals surface area contributed by atoms with Gasteiger partial charge in [0, 0.05) is 19.5 Å². The Morgan fingerprint density at radius 3 is 3.05 bits per heavy atom. The number of hydrogen-bond donors (Lipinski definition) is 1. The van der Waals surface area contributed by atoms with E-state index in [-0.39, 0.29) is 11.7 Å². The van der Waals surface area contributed by atoms with Crippen LogP contribution in [-0.2, 0) is 24.3 Å². The number of aromatic hydroxyl groups is 1. The highest BCUT2D eigenvalue weighted by molar-refractivity contribution is 5.76. The van der Waals surface area contributed by atoms with Crippen LogP contribution in [-0.4, -0.2) is 37.2 Å². The lowest BCUT2D eigenvalue weighted by Gasteiger charge is -2.29. The Hall–Kier alpha value is -2.37. The zero-order chi connectivity index (χ0) is 13.9. The molecule has 104 valence electrons. The minimum atomic E-state index is 0.106. The minimum Gasteiger partial charge on any atom is -0.508 e. The van der Waals surface area contributed by atoms with Crippen LogP contribution in [0.4, 0.5) is 0 Å². The van der Waals surface area contributed by atoms with Gasteiger partial charge in [-0.25, -0.2) is 4.98 Å². The van der Waals surface area contributed by atoms with E-state index < -0.39 is 0 Å². The van der Waals surface area contributed by atoms with Gasteiger partial charge >= 0.3 is 0 Å². The molecule has 0 saturated heterocycles. The summed E-state index contributed by atoms with van der Waals surface area (Å²) < 4.78 is 1.65. The maximum absolute atomic E-state index is 12.2. The van der Waals surface area contributed by atoms with Gasteiger partial charge in [0.15, 0.2) is 0 Å². The summed E-state index contributed by atoms with van der Waals surface area (Å²) in [6.07, 6.45) is 4.32. The van der Waals surface area contributed by atoms with Crippen LogP contribution in [0, 0.1) is 0 Å². The second-order valence-corrected chi connectivity index (χ2v) is 4.93. The fourth-order valence-corrected chi connectivity index (χ4v) is 2.47. The zero-order valence-corrected chi connectivity index (χ0v) is 11.1. The molecule has 3 rings (SSSR count). The van der Waals surface area contributed by atoms with Gasteiger partial charge in [0.05, 0.1) is 6.54 Å². The highest BCUT2D eigenvalue weighted by Gasteiger charge is 2.20. The topological polar surface area (TPSA) is 71.2 Å². The van der Waals surface area contributed by atoms with Crippen LogP contribution < -0.4 is 0 Å². The normalized spacial score (nSPS) is 14.1. The Morgan fingerprint density at radius 1 is 1.35 bits per heavy atom. The van der Waals surface area contributed by atoms with E-state index in [1.807, 2.05) is 11.0 Å². The first kappa shape index (κ1) is 12.7. The average Bonchev–Trinajstić information content (AvgIpc) is 2.97. The van der Waals surface area contributed by atoms with Gasteiger partial charge < -0.3 is 10.0 Å². The lowest BCUT2D eigenvalue weighted by Crippen LogP contribution is -2.36. The van der Waals surface area contributed by atoms with E-state index in [0.717, 1.165) is 18.5 Å². The van der Waals surface area contributed by atoms with Crippen molar-refractivity contribution >= 4 is 5.91 Å². The van der Waals surface area contributed by atoms with Crippen molar-refractivity contribution in [2.45, 2.75) is 25.9 Å². The smallest absolute Gasteiger partial charge is 0.224 e. The van der Waals surface area contributed by atoms with Crippen molar-refractivity contribution in [1.29, 1.82) is 0 Å². The number of carbonyl (C=O) groups is 1. The maximum atomic E-state index is 12.2. The third-order valence-electron chi connectivity index (χ3n) is 3.58. The van der Waals surface area contributed by atoms with Gasteiger partial charge in [-0.3, -0.25) is 9.48 Å². The zero-order valence-electron chi connectivity index (χ0n) is 11.1. The first-order valence-electron chi connectivity index (χ1n) is 6.63. The molecule has 0 aliphatic carbocycles. The summed E-state index contributed by atoms with van der Waals surface area (Å²) in [6, 6.07) is 5.37. The first-order chi connectivity index (χ1) is 9.72. The number of nitrogens with zero attached hydrogens (tertiary/aromatic N) is 4. The number of amides is 1. The second-order valence-electron chi connectivity index (χ2n) is 4.93. The van der Waals surface area contributed by atoms with Crippen LogP contribution in [0.5, 0.6) is 5.75 Å². The lowest BCUT2D eigenvalue weighted by atomic mass is 9.99. The number of rotatable bonds is 3. The molecule has 1 aliphatic rings. The van der Waals surface area contributed by atoms with Gasteiger partial charge in [-0.05, 0) is 29.7 Å². The van der Waals surface area contributed by atoms with Crippen molar-refractivity contribution in [1.82, 2.24) is 19.7 Å². The van der Waals surface area contributed by atoms with Crippen molar-refractivity contribution < 1.29 is 9.90 Å². The SMILES string of the molecule is O=C(CCn1cncn1)N1CCc2ccc(O)cc2C1. The molecule has 0 radical (unpaired) electrons. The summed E-state index contributed by atoms with van der Waals surface area (Å²) in [5, 5.41) is 13.5. The molecule has 0 fully saturated rings. The summed E-state index contributed by atoms with van der Waals surface area (Å²) in [6.45, 7) is 1.84. The summed E-state index contributed by atoms with van der Waals surface area (Å²) >= 11 is 0. The number of hydrogen-bond acceptors (Lipinski definition) is 4. The predicted molar refractivity (Wildman–Crippen MR) is 71.9 cm³/mol. The monoisotopic (exact) mass is 272 g/mol. The molecule has 0 saturated carbocycles. The largest absolute Gasteiger partial charge is 0.508 e. The molecule has 6 heteroatoms. The van der Waals surface area contributed by atoms with Crippen molar-refractivity contribution in [3.63, 3.8) is 0 Å². The van der Waals surface area contributed by atoms with Crippen LogP contribution in [0.1, 0.15) is 17.5 Å². The third-order valence-corrected chi connectivity index (χ3v) is 3.58. The van der Waals surface area contributed by atoms with Gasteiger partial charge in [0.1, 0.15) is 18.4 Å². The standard InChI is InChI=1S/C14H16N4O2/c19-13-2-1-11-3-5-17(8-12(11)7-13)14(20)4-6-18-10-15-9-16-18/h1-2,7,9-10,19H,3-6,8H2. The summed E-state index contributed by atoms with van der Waals surface area (Å²) in [4.78, 5) is 17.9. The number of benzene rings is 1. The van der Waals surface area contributed by atoms with E-state index in [4.69, 9.17) is 0 Å². The average molecular weight is 272 g/mol. The van der Waals surface area contributed by atoms with Crippen molar-refractivity contribution in [3.8, 4) is 5.75 Å². The Morgan fingerprint density at radius 2 is 2.25 bits per heavy atom. The van der Waals surface area contributed by atoms with E-state index in [1.165, 1.54) is 11.9 Å². The summed E-state index contributed by atoms with van der Waals surface area (Å²) in [5.41, 5.74) is 2.24. The van der Waals surface area contributed by atoms with Gasteiger partial charge in [-0.2, -0.15) is 5.10 Å². The van der Waals surface area contributed by atoms with Crippen molar-refractivity contribution in [3.05, 3.63) is 42.0 Å². The molecule has 0 spiro atoms. The van der Waals surface area contributed by atoms with E-state index >= 15 is 0 Å². The van der Waals surface area contributed by atoms with Crippen LogP contribution in [0.2, 0.25) is 0 Å². The molecular formula is C14H16N4O2. The molecule has 1 N–H and O–H groups in total. The number of fused-ring (bicyclic) bond motifs is 1. The first-order valence-corrected chi connectivity index (χ1v) is 6.63. The van der Waals surface area contributed by atoms with E-state index in [2.05, 4.69) is 10.1 Å². The Bertz CT molecular complexity index is 610. The second kappa shape index (κ2) is 5.32. The molecule has 0 atom stereocenters. The lowest BCUT2D eigenvalue weighted by molar-refractivity contribution is -0.132. The van der Waals surface area contributed by atoms with E-state index in [9.17, 15) is 9.90 Å². The molecule has 1 amide bonds. The Kier molecular flexibility index (Phi) is 3.37. The van der Waals surface area contributed by atoms with Crippen molar-refractivity contribution in [2.24, 2.45) is 0 Å². The summed E-state index contributed by atoms with van der Waals surface area (Å²) in [5.74, 6) is 0.357. The fourth-order valence-electron chi connectivity index (χ4n) is 2.47. The molecule has 1 aromatic heterocycles. The van der Waals surface area contributed by atoms with Crippen LogP contribution in [0.3, 0.4) is 0 Å². The number of carbonyl (C=O) groups excluding carboxylic acids is 1. The Balaban J connectivity index is 1.62. The van der Waals surface area contributed by atoms with Crippen molar-refractivity contribution in [2.75, 3.05) is 6.54 Å². The molecule has 2 aromatic rings. The molecular weight excluding hydrogens is 256 g/mol.